The summed E-state index contributed by atoms with van der Waals surface area (Å²) in [4.78, 5) is 17.4. The van der Waals surface area contributed by atoms with E-state index >= 15 is 4.39 Å². The molecule has 0 amide bonds. The van der Waals surface area contributed by atoms with Gasteiger partial charge in [-0.05, 0) is 70.4 Å². The number of anilines is 2. The summed E-state index contributed by atoms with van der Waals surface area (Å²) in [7, 11) is 2.07. The molecule has 0 saturated carbocycles. The molecule has 0 radical (unpaired) electrons. The van der Waals surface area contributed by atoms with Crippen LogP contribution in [-0.2, 0) is 0 Å². The van der Waals surface area contributed by atoms with Crippen LogP contribution in [0, 0.1) is 24.1 Å². The monoisotopic (exact) mass is 639 g/mol. The number of thiophene rings is 1. The van der Waals surface area contributed by atoms with E-state index < -0.39 is 11.6 Å². The van der Waals surface area contributed by atoms with Crippen molar-refractivity contribution < 1.29 is 18.3 Å². The molecule has 0 bridgehead atoms. The first-order chi connectivity index (χ1) is 21.3. The first-order valence-corrected chi connectivity index (χ1v) is 16.0. The van der Waals surface area contributed by atoms with E-state index in [1.807, 2.05) is 6.92 Å². The topological polar surface area (TPSA) is 93.1 Å². The van der Waals surface area contributed by atoms with Crippen molar-refractivity contribution in [3.05, 3.63) is 40.2 Å². The highest BCUT2D eigenvalue weighted by Gasteiger charge is 2.34. The molecule has 2 saturated heterocycles. The van der Waals surface area contributed by atoms with Gasteiger partial charge in [0.2, 0.25) is 5.69 Å². The predicted molar refractivity (Wildman–Crippen MR) is 170 cm³/mol. The third-order valence-corrected chi connectivity index (χ3v) is 10.5. The van der Waals surface area contributed by atoms with Gasteiger partial charge >= 0.3 is 6.01 Å². The number of hydrogen-bond acceptors (Lipinski definition) is 9. The first-order valence-electron chi connectivity index (χ1n) is 14.8. The summed E-state index contributed by atoms with van der Waals surface area (Å²) in [5.74, 6) is -0.130. The third-order valence-electron chi connectivity index (χ3n) is 9.07. The number of nitrogens with one attached hydrogen (secondary N) is 1. The van der Waals surface area contributed by atoms with Gasteiger partial charge in [-0.1, -0.05) is 17.7 Å². The highest BCUT2D eigenvalue weighted by molar-refractivity contribution is 7.23. The van der Waals surface area contributed by atoms with Crippen LogP contribution in [-0.4, -0.2) is 73.4 Å². The van der Waals surface area contributed by atoms with Gasteiger partial charge in [-0.3, -0.25) is 4.90 Å². The molecule has 0 aliphatic carbocycles. The first kappa shape index (κ1) is 29.2. The Hall–Kier alpha value is -3.50. The number of fused-ring (bicyclic) bond motifs is 1. The van der Waals surface area contributed by atoms with Gasteiger partial charge in [0, 0.05) is 23.5 Å². The Labute approximate surface area is 262 Å². The number of halogens is 3. The Morgan fingerprint density at radius 2 is 2.11 bits per heavy atom. The van der Waals surface area contributed by atoms with E-state index in [1.165, 1.54) is 12.1 Å². The number of nitrogens with two attached hydrogens (primary N) is 1. The molecule has 5 heterocycles. The van der Waals surface area contributed by atoms with Gasteiger partial charge < -0.3 is 25.4 Å². The highest BCUT2D eigenvalue weighted by Crippen LogP contribution is 2.52. The molecule has 44 heavy (non-hydrogen) atoms. The summed E-state index contributed by atoms with van der Waals surface area (Å²) < 4.78 is 44.7. The number of nitrogen functional groups attached to an aromatic ring is 1. The Morgan fingerprint density at radius 3 is 2.84 bits per heavy atom. The van der Waals surface area contributed by atoms with Crippen LogP contribution < -0.4 is 25.4 Å². The zero-order valence-corrected chi connectivity index (χ0v) is 26.0. The lowest BCUT2D eigenvalue weighted by Gasteiger charge is -2.28. The minimum absolute atomic E-state index is 0.00661. The fraction of sp³-hybridized carbons (Fsp3) is 0.452. The van der Waals surface area contributed by atoms with Crippen LogP contribution in [0.1, 0.15) is 26.2 Å². The maximum atomic E-state index is 17.0. The fourth-order valence-electron chi connectivity index (χ4n) is 6.88. The molecule has 3 atom stereocenters. The van der Waals surface area contributed by atoms with Crippen molar-refractivity contribution in [3.8, 4) is 22.9 Å². The zero-order valence-electron chi connectivity index (χ0n) is 24.4. The third kappa shape index (κ3) is 4.77. The van der Waals surface area contributed by atoms with Gasteiger partial charge in [-0.25, -0.2) is 13.6 Å². The average molecular weight is 640 g/mol. The van der Waals surface area contributed by atoms with Crippen molar-refractivity contribution in [1.29, 1.82) is 0 Å². The van der Waals surface area contributed by atoms with Crippen molar-refractivity contribution in [2.75, 3.05) is 57.0 Å². The molecular formula is C31H32ClF2N7O2S. The normalized spacial score (nSPS) is 21.0. The number of likely N-dealkylation sites (tertiary alicyclic amines) is 1. The largest absolute Gasteiger partial charge is 0.489 e. The number of rotatable bonds is 6. The number of likely N-dealkylation sites (N-methyl/N-ethyl adjacent to an activating group) is 1. The van der Waals surface area contributed by atoms with E-state index in [0.717, 1.165) is 50.2 Å². The quantitative estimate of drug-likeness (QED) is 0.239. The second-order valence-corrected chi connectivity index (χ2v) is 13.2. The summed E-state index contributed by atoms with van der Waals surface area (Å²) in [5, 5.41) is 4.14. The molecule has 2 aromatic carbocycles. The number of hydrogen-bond donors (Lipinski definition) is 2. The zero-order chi connectivity index (χ0) is 30.7. The lowest BCUT2D eigenvalue weighted by Crippen LogP contribution is -2.38. The predicted octanol–water partition coefficient (Wildman–Crippen LogP) is 6.25. The van der Waals surface area contributed by atoms with Gasteiger partial charge in [-0.15, -0.1) is 11.3 Å². The van der Waals surface area contributed by atoms with Crippen LogP contribution in [0.5, 0.6) is 11.8 Å². The Kier molecular flexibility index (Phi) is 7.61. The Bertz CT molecular complexity index is 1820. The van der Waals surface area contributed by atoms with Crippen molar-refractivity contribution in [1.82, 2.24) is 20.2 Å². The number of ether oxygens (including phenoxy) is 2. The molecule has 9 nitrogen and oxygen atoms in total. The highest BCUT2D eigenvalue weighted by atomic mass is 35.5. The summed E-state index contributed by atoms with van der Waals surface area (Å²) in [6.07, 6.45) is 2.85. The van der Waals surface area contributed by atoms with Crippen LogP contribution >= 0.6 is 22.9 Å². The summed E-state index contributed by atoms with van der Waals surface area (Å²) in [5.41, 5.74) is 6.36. The van der Waals surface area contributed by atoms with E-state index in [9.17, 15) is 4.39 Å². The molecule has 7 rings (SSSR count). The molecule has 4 aromatic rings. The number of aromatic nitrogens is 2. The maximum Gasteiger partial charge on any atom is 0.319 e. The average Bonchev–Trinajstić information content (AvgIpc) is 3.72. The second-order valence-electron chi connectivity index (χ2n) is 11.8. The molecule has 2 unspecified atom stereocenters. The molecule has 2 fully saturated rings. The van der Waals surface area contributed by atoms with Gasteiger partial charge in [0.25, 0.3) is 0 Å². The minimum atomic E-state index is -0.727. The molecule has 230 valence electrons. The van der Waals surface area contributed by atoms with Crippen molar-refractivity contribution in [3.63, 3.8) is 0 Å². The van der Waals surface area contributed by atoms with E-state index in [4.69, 9.17) is 38.4 Å². The summed E-state index contributed by atoms with van der Waals surface area (Å²) >= 11 is 7.96. The minimum Gasteiger partial charge on any atom is -0.489 e. The molecule has 3 aliphatic rings. The van der Waals surface area contributed by atoms with Gasteiger partial charge in [0.15, 0.2) is 11.6 Å². The maximum absolute atomic E-state index is 17.0. The van der Waals surface area contributed by atoms with E-state index in [-0.39, 0.29) is 73.0 Å². The van der Waals surface area contributed by atoms with Crippen molar-refractivity contribution >= 4 is 60.4 Å². The van der Waals surface area contributed by atoms with Crippen molar-refractivity contribution in [2.45, 2.75) is 38.3 Å². The van der Waals surface area contributed by atoms with Crippen LogP contribution in [0.4, 0.5) is 25.3 Å². The van der Waals surface area contributed by atoms with Crippen LogP contribution in [0.25, 0.3) is 37.0 Å². The van der Waals surface area contributed by atoms with E-state index in [2.05, 4.69) is 32.0 Å². The molecule has 13 heteroatoms. The number of benzene rings is 2. The Balaban J connectivity index is 1.46. The van der Waals surface area contributed by atoms with Gasteiger partial charge in [-0.2, -0.15) is 9.97 Å². The van der Waals surface area contributed by atoms with Gasteiger partial charge in [0.1, 0.15) is 29.9 Å². The lowest BCUT2D eigenvalue weighted by molar-refractivity contribution is 0.112. The second kappa shape index (κ2) is 11.5. The number of nitrogens with zero attached hydrogens (tertiary/aromatic N) is 5. The van der Waals surface area contributed by atoms with E-state index in [0.29, 0.717) is 30.2 Å². The van der Waals surface area contributed by atoms with Crippen LogP contribution in [0.2, 0.25) is 5.02 Å². The SMILES string of the molecule is [C-]#[N+]c1c(N)sc2c(F)ccc(-c3c(Cl)c4c5c(nc(O[C@@H](C)C6CCCN6C)nc5c3F)N(CC3CCNC3)CCO4)c12. The van der Waals surface area contributed by atoms with Crippen LogP contribution in [0.15, 0.2) is 12.1 Å². The molecule has 0 spiro atoms. The smallest absolute Gasteiger partial charge is 0.319 e. The molecule has 3 aliphatic heterocycles. The summed E-state index contributed by atoms with van der Waals surface area (Å²) in [6, 6.07) is 2.91. The lowest BCUT2D eigenvalue weighted by atomic mass is 9.97. The molecule has 3 N–H and O–H groups in total. The van der Waals surface area contributed by atoms with Crippen molar-refractivity contribution in [2.24, 2.45) is 5.92 Å². The van der Waals surface area contributed by atoms with Gasteiger partial charge in [0.05, 0.1) is 33.2 Å². The molecule has 2 aromatic heterocycles. The standard InChI is InChI=1S/C31H32ClF2N7O2S/c1-15(19-5-4-10-40(19)3)43-31-38-25-22-27(42-12-11-41(30(22)39-31)14-16-8-9-37-13-16)23(32)20(24(25)34)17-6-7-18(33)28-21(17)26(36-2)29(35)44-28/h6-7,15-16,19,37H,4-5,8-14,35H2,1,3H3/t15-,16?,19?/m0/s1. The molecular weight excluding hydrogens is 608 g/mol. The fourth-order valence-corrected chi connectivity index (χ4v) is 8.15. The summed E-state index contributed by atoms with van der Waals surface area (Å²) in [6.45, 7) is 14.0. The van der Waals surface area contributed by atoms with Crippen LogP contribution in [0.3, 0.4) is 0 Å². The van der Waals surface area contributed by atoms with E-state index in [1.54, 1.807) is 0 Å². The Morgan fingerprint density at radius 1 is 1.27 bits per heavy atom.